The van der Waals surface area contributed by atoms with Crippen LogP contribution >= 0.6 is 56.9 Å². The molecule has 0 unspecified atom stereocenters. The van der Waals surface area contributed by atoms with E-state index in [1.165, 1.54) is 104 Å². The SMILES string of the molecule is CC1(C)OB(c2ccccc2)OC1(C)C.Clc1nc(-n2c3ccccc3c3c4c5ccccc5sc4c4ccccc4c32)c2c(n1)sc1ccccc12.c1ccc(-c2nc(-n3c4ccccc4c4c5c6ccccc6sc5c5ccccc5c43)c3c(n2)sc2ccccc23)cc1. The summed E-state index contributed by atoms with van der Waals surface area (Å²) in [4.78, 5) is 22.1. The van der Waals surface area contributed by atoms with Gasteiger partial charge in [-0.25, -0.2) is 15.0 Å². The third kappa shape index (κ3) is 8.78. The summed E-state index contributed by atoms with van der Waals surface area (Å²) in [5.74, 6) is 2.50. The van der Waals surface area contributed by atoms with E-state index in [-0.39, 0.29) is 23.6 Å². The van der Waals surface area contributed by atoms with E-state index in [1.807, 2.05) is 59.1 Å². The molecule has 1 saturated heterocycles. The molecule has 0 spiro atoms. The van der Waals surface area contributed by atoms with Gasteiger partial charge in [0.15, 0.2) is 17.5 Å². The van der Waals surface area contributed by atoms with Gasteiger partial charge >= 0.3 is 7.12 Å². The number of thiophene rings is 4. The van der Waals surface area contributed by atoms with Gasteiger partial charge in [0.05, 0.1) is 44.0 Å². The molecule has 0 atom stereocenters. The van der Waals surface area contributed by atoms with Gasteiger partial charge in [-0.05, 0) is 81.2 Å². The van der Waals surface area contributed by atoms with Crippen molar-refractivity contribution in [1.82, 2.24) is 29.1 Å². The number of hydrogen-bond acceptors (Lipinski definition) is 10. The minimum absolute atomic E-state index is 0.240. The Labute approximate surface area is 571 Å². The first-order valence-corrected chi connectivity index (χ1v) is 35.7. The quantitative estimate of drug-likeness (QED) is 0.129. The molecule has 458 valence electrons. The predicted octanol–water partition coefficient (Wildman–Crippen LogP) is 23.2. The second-order valence-corrected chi connectivity index (χ2v) is 30.0. The molecule has 0 saturated carbocycles. The molecule has 14 heteroatoms. The monoisotopic (exact) mass is 1330 g/mol. The summed E-state index contributed by atoms with van der Waals surface area (Å²) in [5.41, 5.74) is 6.20. The lowest BCUT2D eigenvalue weighted by atomic mass is 9.79. The summed E-state index contributed by atoms with van der Waals surface area (Å²) < 4.78 is 24.3. The fraction of sp³-hybridized carbons (Fsp3) is 0.0732. The van der Waals surface area contributed by atoms with Gasteiger partial charge in [-0.3, -0.25) is 9.13 Å². The van der Waals surface area contributed by atoms with Crippen molar-refractivity contribution in [1.29, 1.82) is 0 Å². The van der Waals surface area contributed by atoms with E-state index in [0.29, 0.717) is 0 Å². The predicted molar refractivity (Wildman–Crippen MR) is 412 cm³/mol. The zero-order chi connectivity index (χ0) is 64.1. The third-order valence-corrected chi connectivity index (χ3v) is 24.2. The second kappa shape index (κ2) is 22.1. The van der Waals surface area contributed by atoms with Crippen LogP contribution < -0.4 is 5.46 Å². The van der Waals surface area contributed by atoms with Crippen LogP contribution in [0, 0.1) is 0 Å². The van der Waals surface area contributed by atoms with Crippen molar-refractivity contribution in [2.24, 2.45) is 0 Å². The molecule has 1 aliphatic rings. The lowest BCUT2D eigenvalue weighted by molar-refractivity contribution is 0.00578. The molecular formula is C82H54BClN6O2S4. The van der Waals surface area contributed by atoms with Crippen LogP contribution in [0.3, 0.4) is 0 Å². The number of para-hydroxylation sites is 2. The number of nitrogens with zero attached hydrogens (tertiary/aromatic N) is 6. The van der Waals surface area contributed by atoms with Crippen LogP contribution in [0.1, 0.15) is 27.7 Å². The lowest BCUT2D eigenvalue weighted by Gasteiger charge is -2.32. The minimum Gasteiger partial charge on any atom is -0.399 e. The van der Waals surface area contributed by atoms with Crippen molar-refractivity contribution in [3.63, 3.8) is 0 Å². The van der Waals surface area contributed by atoms with Crippen molar-refractivity contribution < 1.29 is 9.31 Å². The fourth-order valence-electron chi connectivity index (χ4n) is 14.5. The number of rotatable bonds is 4. The number of fused-ring (bicyclic) bond motifs is 26. The van der Waals surface area contributed by atoms with Crippen molar-refractivity contribution in [2.45, 2.75) is 38.9 Å². The highest BCUT2D eigenvalue weighted by Crippen LogP contribution is 2.52. The van der Waals surface area contributed by atoms with Crippen LogP contribution in [0.4, 0.5) is 0 Å². The largest absolute Gasteiger partial charge is 0.494 e. The molecule has 0 N–H and O–H groups in total. The van der Waals surface area contributed by atoms with Gasteiger partial charge in [0, 0.05) is 109 Å². The Kier molecular flexibility index (Phi) is 13.2. The molecule has 0 radical (unpaired) electrons. The van der Waals surface area contributed by atoms with Crippen molar-refractivity contribution in [2.75, 3.05) is 0 Å². The van der Waals surface area contributed by atoms with Gasteiger partial charge in [0.25, 0.3) is 0 Å². The summed E-state index contributed by atoms with van der Waals surface area (Å²) in [5, 5.41) is 19.9. The number of aromatic nitrogens is 6. The number of hydrogen-bond donors (Lipinski definition) is 0. The maximum Gasteiger partial charge on any atom is 0.494 e. The Morgan fingerprint density at radius 3 is 1.16 bits per heavy atom. The van der Waals surface area contributed by atoms with E-state index < -0.39 is 0 Å². The molecule has 1 fully saturated rings. The summed E-state index contributed by atoms with van der Waals surface area (Å²) in [7, 11) is -0.240. The van der Waals surface area contributed by atoms with Crippen molar-refractivity contribution >= 4 is 216 Å². The second-order valence-electron chi connectivity index (χ2n) is 25.5. The van der Waals surface area contributed by atoms with Crippen LogP contribution in [0.2, 0.25) is 5.28 Å². The Balaban J connectivity index is 0.000000112. The Morgan fingerprint density at radius 2 is 0.688 bits per heavy atom. The van der Waals surface area contributed by atoms with Gasteiger partial charge in [0.1, 0.15) is 9.66 Å². The lowest BCUT2D eigenvalue weighted by Crippen LogP contribution is -2.41. The molecule has 9 heterocycles. The first-order chi connectivity index (χ1) is 47.0. The van der Waals surface area contributed by atoms with Gasteiger partial charge in [-0.1, -0.05) is 218 Å². The van der Waals surface area contributed by atoms with Gasteiger partial charge in [0.2, 0.25) is 5.28 Å². The van der Waals surface area contributed by atoms with E-state index in [0.717, 1.165) is 70.9 Å². The normalized spacial score (nSPS) is 13.9. The Hall–Kier alpha value is -9.93. The molecule has 96 heavy (non-hydrogen) atoms. The third-order valence-electron chi connectivity index (χ3n) is 19.5. The fourth-order valence-corrected chi connectivity index (χ4v) is 19.3. The molecule has 8 aromatic heterocycles. The summed E-state index contributed by atoms with van der Waals surface area (Å²) in [6.07, 6.45) is 0. The summed E-state index contributed by atoms with van der Waals surface area (Å²) >= 11 is 13.8. The molecule has 12 aromatic carbocycles. The van der Waals surface area contributed by atoms with E-state index in [4.69, 9.17) is 35.9 Å². The Morgan fingerprint density at radius 1 is 0.333 bits per heavy atom. The number of benzene rings is 12. The molecular weight excluding hydrogens is 1280 g/mol. The average molecular weight is 1330 g/mol. The van der Waals surface area contributed by atoms with Crippen molar-refractivity contribution in [3.8, 4) is 23.0 Å². The molecule has 0 bridgehead atoms. The molecule has 0 aliphatic carbocycles. The van der Waals surface area contributed by atoms with Crippen molar-refractivity contribution in [3.05, 3.63) is 260 Å². The van der Waals surface area contributed by atoms with Crippen LogP contribution in [-0.4, -0.2) is 47.4 Å². The van der Waals surface area contributed by atoms with Gasteiger partial charge in [-0.15, -0.1) is 45.3 Å². The topological polar surface area (TPSA) is 79.9 Å². The van der Waals surface area contributed by atoms with Crippen LogP contribution in [0.25, 0.3) is 169 Å². The van der Waals surface area contributed by atoms with E-state index in [2.05, 4.69) is 260 Å². The van der Waals surface area contributed by atoms with Crippen LogP contribution in [0.15, 0.2) is 255 Å². The highest BCUT2D eigenvalue weighted by molar-refractivity contribution is 7.28. The molecule has 20 aromatic rings. The van der Waals surface area contributed by atoms with E-state index in [1.54, 1.807) is 22.7 Å². The van der Waals surface area contributed by atoms with E-state index >= 15 is 0 Å². The van der Waals surface area contributed by atoms with Crippen LogP contribution in [-0.2, 0) is 9.31 Å². The van der Waals surface area contributed by atoms with Gasteiger partial charge < -0.3 is 9.31 Å². The zero-order valence-electron chi connectivity index (χ0n) is 52.3. The highest BCUT2D eigenvalue weighted by Gasteiger charge is 2.51. The molecule has 8 nitrogen and oxygen atoms in total. The van der Waals surface area contributed by atoms with Crippen LogP contribution in [0.5, 0.6) is 0 Å². The molecule has 1 aliphatic heterocycles. The Bertz CT molecular complexity index is 6570. The molecule has 21 rings (SSSR count). The summed E-state index contributed by atoms with van der Waals surface area (Å²) in [6.45, 7) is 8.26. The first kappa shape index (κ1) is 57.5. The van der Waals surface area contributed by atoms with Gasteiger partial charge in [-0.2, -0.15) is 4.98 Å². The standard InChI is InChI=1S/C38H21N3S2.C32H16ClN3S2.C12H17BO2/c1-2-12-22(13-3-1)36-39-37(33-27-18-8-11-21-30(27)43-38(33)40-36)41-28-19-9-6-16-25(28)31-32-26-17-7-10-20-29(26)42-35(32)24-15-5-4-14-23(24)34(31)41;33-32-34-30(27-21-13-5-8-16-24(21)38-31(27)35-32)36-22-14-6-3-11-19(22)25-26-20-12-4-7-15-23(20)37-29(26)18-10-2-1-9-17(18)28(25)36;1-11(2)12(3,4)15-13(14-11)10-8-6-5-7-9-10/h1-21H;1-16H;5-9H,1-4H3. The minimum atomic E-state index is -0.256. The maximum absolute atomic E-state index is 6.62. The maximum atomic E-state index is 6.62. The smallest absolute Gasteiger partial charge is 0.399 e. The average Bonchev–Trinajstić information content (AvgIpc) is 1.53. The zero-order valence-corrected chi connectivity index (χ0v) is 56.4. The first-order valence-electron chi connectivity index (χ1n) is 32.1. The molecule has 0 amide bonds. The number of halogens is 1. The summed E-state index contributed by atoms with van der Waals surface area (Å²) in [6, 6.07) is 90.2. The highest BCUT2D eigenvalue weighted by atomic mass is 35.5. The van der Waals surface area contributed by atoms with E-state index in [9.17, 15) is 0 Å².